The number of esters is 1. The summed E-state index contributed by atoms with van der Waals surface area (Å²) in [7, 11) is 4.98. The molecule has 9 heteroatoms. The van der Waals surface area contributed by atoms with E-state index in [0.29, 0.717) is 31.2 Å². The van der Waals surface area contributed by atoms with Gasteiger partial charge >= 0.3 is 5.97 Å². The van der Waals surface area contributed by atoms with Crippen LogP contribution >= 0.6 is 39.9 Å². The Morgan fingerprint density at radius 2 is 2.00 bits per heavy atom. The SMILES string of the molecule is CCOC(=O)C1CCCN(C(=NC)NCc2cc(OC)c(OC)cc2Br)C1.I. The molecule has 1 N–H and O–H groups in total. The zero-order valence-corrected chi connectivity index (χ0v) is 20.7. The molecule has 2 rings (SSSR count). The van der Waals surface area contributed by atoms with Gasteiger partial charge in [0.1, 0.15) is 0 Å². The number of nitrogens with zero attached hydrogens (tertiary/aromatic N) is 2. The first-order valence-electron chi connectivity index (χ1n) is 9.06. The lowest BCUT2D eigenvalue weighted by molar-refractivity contribution is -0.149. The maximum absolute atomic E-state index is 12.1. The minimum atomic E-state index is -0.125. The largest absolute Gasteiger partial charge is 0.493 e. The summed E-state index contributed by atoms with van der Waals surface area (Å²) in [4.78, 5) is 18.6. The zero-order chi connectivity index (χ0) is 19.8. The standard InChI is InChI=1S/C19H28BrN3O4.HI/c1-5-27-18(24)13-7-6-8-23(12-13)19(21-2)22-11-14-9-16(25-3)17(26-4)10-15(14)20;/h9-10,13H,5-8,11-12H2,1-4H3,(H,21,22);1H. The van der Waals surface area contributed by atoms with Crippen LogP contribution in [0, 0.1) is 5.92 Å². The number of benzene rings is 1. The molecule has 1 aliphatic rings. The third-order valence-electron chi connectivity index (χ3n) is 4.54. The number of carbonyl (C=O) groups excluding carboxylic acids is 1. The van der Waals surface area contributed by atoms with Crippen LogP contribution in [0.15, 0.2) is 21.6 Å². The predicted octanol–water partition coefficient (Wildman–Crippen LogP) is 3.43. The van der Waals surface area contributed by atoms with E-state index in [2.05, 4.69) is 31.1 Å². The van der Waals surface area contributed by atoms with Gasteiger partial charge in [-0.3, -0.25) is 9.79 Å². The first kappa shape index (κ1) is 24.8. The van der Waals surface area contributed by atoms with Crippen LogP contribution in [-0.4, -0.2) is 57.8 Å². The van der Waals surface area contributed by atoms with E-state index in [1.165, 1.54) is 0 Å². The van der Waals surface area contributed by atoms with Crippen LogP contribution in [0.25, 0.3) is 0 Å². The van der Waals surface area contributed by atoms with Crippen molar-refractivity contribution < 1.29 is 19.0 Å². The number of ether oxygens (including phenoxy) is 3. The average molecular weight is 570 g/mol. The summed E-state index contributed by atoms with van der Waals surface area (Å²) in [6, 6.07) is 3.82. The summed E-state index contributed by atoms with van der Waals surface area (Å²) in [5, 5.41) is 3.37. The van der Waals surface area contributed by atoms with Gasteiger partial charge < -0.3 is 24.4 Å². The second kappa shape index (κ2) is 12.4. The van der Waals surface area contributed by atoms with Crippen molar-refractivity contribution in [2.75, 3.05) is 41.0 Å². The van der Waals surface area contributed by atoms with Crippen molar-refractivity contribution in [1.29, 1.82) is 0 Å². The van der Waals surface area contributed by atoms with Gasteiger partial charge in [0.05, 0.1) is 26.7 Å². The first-order chi connectivity index (χ1) is 13.0. The van der Waals surface area contributed by atoms with E-state index in [-0.39, 0.29) is 35.9 Å². The fourth-order valence-corrected chi connectivity index (χ4v) is 3.62. The minimum absolute atomic E-state index is 0. The minimum Gasteiger partial charge on any atom is -0.493 e. The van der Waals surface area contributed by atoms with Crippen molar-refractivity contribution >= 4 is 51.8 Å². The lowest BCUT2D eigenvalue weighted by atomic mass is 9.98. The number of piperidine rings is 1. The lowest BCUT2D eigenvalue weighted by Crippen LogP contribution is -2.48. The molecule has 158 valence electrons. The van der Waals surface area contributed by atoms with E-state index in [4.69, 9.17) is 14.2 Å². The Morgan fingerprint density at radius 3 is 2.61 bits per heavy atom. The van der Waals surface area contributed by atoms with Crippen LogP contribution in [0.5, 0.6) is 11.5 Å². The first-order valence-corrected chi connectivity index (χ1v) is 9.85. The van der Waals surface area contributed by atoms with Gasteiger partial charge in [0, 0.05) is 31.2 Å². The number of aliphatic imine (C=N–C) groups is 1. The van der Waals surface area contributed by atoms with Gasteiger partial charge in [0.25, 0.3) is 0 Å². The highest BCUT2D eigenvalue weighted by molar-refractivity contribution is 14.0. The summed E-state index contributed by atoms with van der Waals surface area (Å²) in [6.07, 6.45) is 1.79. The molecule has 0 aromatic heterocycles. The molecule has 1 heterocycles. The van der Waals surface area contributed by atoms with Gasteiger partial charge in [-0.1, -0.05) is 15.9 Å². The van der Waals surface area contributed by atoms with E-state index in [9.17, 15) is 4.79 Å². The van der Waals surface area contributed by atoms with Crippen molar-refractivity contribution in [3.8, 4) is 11.5 Å². The molecule has 0 saturated carbocycles. The Bertz CT molecular complexity index is 687. The van der Waals surface area contributed by atoms with Crippen LogP contribution in [0.2, 0.25) is 0 Å². The summed E-state index contributed by atoms with van der Waals surface area (Å²) >= 11 is 3.58. The van der Waals surface area contributed by atoms with E-state index >= 15 is 0 Å². The predicted molar refractivity (Wildman–Crippen MR) is 124 cm³/mol. The van der Waals surface area contributed by atoms with Crippen molar-refractivity contribution in [3.05, 3.63) is 22.2 Å². The highest BCUT2D eigenvalue weighted by Gasteiger charge is 2.28. The molecule has 0 spiro atoms. The van der Waals surface area contributed by atoms with Crippen LogP contribution in [0.1, 0.15) is 25.3 Å². The fraction of sp³-hybridized carbons (Fsp3) is 0.579. The molecule has 7 nitrogen and oxygen atoms in total. The highest BCUT2D eigenvalue weighted by atomic mass is 127. The average Bonchev–Trinajstić information content (AvgIpc) is 2.69. The molecule has 1 unspecified atom stereocenters. The fourth-order valence-electron chi connectivity index (χ4n) is 3.16. The molecule has 0 bridgehead atoms. The number of rotatable bonds is 6. The number of hydrogen-bond acceptors (Lipinski definition) is 5. The number of likely N-dealkylation sites (tertiary alicyclic amines) is 1. The molecule has 1 fully saturated rings. The molecular weight excluding hydrogens is 541 g/mol. The van der Waals surface area contributed by atoms with Crippen molar-refractivity contribution in [2.45, 2.75) is 26.3 Å². The molecule has 1 saturated heterocycles. The second-order valence-corrected chi connectivity index (χ2v) is 7.09. The van der Waals surface area contributed by atoms with E-state index in [0.717, 1.165) is 35.4 Å². The Hall–Kier alpha value is -1.23. The smallest absolute Gasteiger partial charge is 0.310 e. The molecule has 1 aromatic rings. The molecular formula is C19H29BrIN3O4. The van der Waals surface area contributed by atoms with E-state index in [1.807, 2.05) is 19.1 Å². The molecule has 1 aliphatic heterocycles. The summed E-state index contributed by atoms with van der Waals surface area (Å²) in [5.74, 6) is 1.88. The number of carbonyl (C=O) groups is 1. The number of halogens is 2. The van der Waals surface area contributed by atoms with Gasteiger partial charge in [-0.2, -0.15) is 0 Å². The van der Waals surface area contributed by atoms with E-state index in [1.54, 1.807) is 21.3 Å². The molecule has 0 radical (unpaired) electrons. The Kier molecular flexibility index (Phi) is 10.9. The maximum Gasteiger partial charge on any atom is 0.310 e. The molecule has 0 aliphatic carbocycles. The Morgan fingerprint density at radius 1 is 1.32 bits per heavy atom. The maximum atomic E-state index is 12.1. The summed E-state index contributed by atoms with van der Waals surface area (Å²) < 4.78 is 16.8. The quantitative estimate of drug-likeness (QED) is 0.245. The van der Waals surface area contributed by atoms with Gasteiger partial charge in [-0.25, -0.2) is 0 Å². The third kappa shape index (κ3) is 6.40. The monoisotopic (exact) mass is 569 g/mol. The van der Waals surface area contributed by atoms with Gasteiger partial charge in [-0.15, -0.1) is 24.0 Å². The Labute approximate surface area is 192 Å². The number of guanidine groups is 1. The molecule has 1 aromatic carbocycles. The van der Waals surface area contributed by atoms with Crippen molar-refractivity contribution in [2.24, 2.45) is 10.9 Å². The number of methoxy groups -OCH3 is 2. The molecule has 1 atom stereocenters. The van der Waals surface area contributed by atoms with Crippen molar-refractivity contribution in [3.63, 3.8) is 0 Å². The highest BCUT2D eigenvalue weighted by Crippen LogP contribution is 2.33. The summed E-state index contributed by atoms with van der Waals surface area (Å²) in [6.45, 7) is 4.29. The third-order valence-corrected chi connectivity index (χ3v) is 5.28. The number of hydrogen-bond donors (Lipinski definition) is 1. The Balaban J connectivity index is 0.00000392. The van der Waals surface area contributed by atoms with Gasteiger partial charge in [-0.05, 0) is 37.5 Å². The van der Waals surface area contributed by atoms with Gasteiger partial charge in [0.15, 0.2) is 17.5 Å². The van der Waals surface area contributed by atoms with Crippen molar-refractivity contribution in [1.82, 2.24) is 10.2 Å². The zero-order valence-electron chi connectivity index (χ0n) is 16.8. The van der Waals surface area contributed by atoms with E-state index < -0.39 is 0 Å². The lowest BCUT2D eigenvalue weighted by Gasteiger charge is -2.34. The second-order valence-electron chi connectivity index (χ2n) is 6.24. The molecule has 28 heavy (non-hydrogen) atoms. The van der Waals surface area contributed by atoms with Crippen LogP contribution in [0.3, 0.4) is 0 Å². The topological polar surface area (TPSA) is 72.4 Å². The number of nitrogens with one attached hydrogen (secondary N) is 1. The van der Waals surface area contributed by atoms with Crippen LogP contribution in [-0.2, 0) is 16.1 Å². The van der Waals surface area contributed by atoms with Crippen LogP contribution in [0.4, 0.5) is 0 Å². The van der Waals surface area contributed by atoms with Crippen LogP contribution < -0.4 is 14.8 Å². The molecule has 0 amide bonds. The normalized spacial score (nSPS) is 16.8. The summed E-state index contributed by atoms with van der Waals surface area (Å²) in [5.41, 5.74) is 1.02. The van der Waals surface area contributed by atoms with Gasteiger partial charge in [0.2, 0.25) is 0 Å².